The molecular formula is C10H16N2. The number of hydrogen-bond donors (Lipinski definition) is 1. The fourth-order valence-electron chi connectivity index (χ4n) is 1.18. The summed E-state index contributed by atoms with van der Waals surface area (Å²) >= 11 is 0. The van der Waals surface area contributed by atoms with E-state index in [2.05, 4.69) is 18.8 Å². The lowest BCUT2D eigenvalue weighted by molar-refractivity contribution is 0.708. The topological polar surface area (TPSA) is 38.9 Å². The summed E-state index contributed by atoms with van der Waals surface area (Å²) in [6.45, 7) is 6.29. The van der Waals surface area contributed by atoms with E-state index >= 15 is 0 Å². The lowest BCUT2D eigenvalue weighted by Gasteiger charge is -2.11. The predicted molar refractivity (Wildman–Crippen MR) is 52.1 cm³/mol. The fourth-order valence-corrected chi connectivity index (χ4v) is 1.18. The van der Waals surface area contributed by atoms with Gasteiger partial charge in [-0.25, -0.2) is 0 Å². The highest BCUT2D eigenvalue weighted by Gasteiger charge is 2.07. The molecule has 0 radical (unpaired) electrons. The maximum atomic E-state index is 5.80. The molecule has 0 saturated heterocycles. The van der Waals surface area contributed by atoms with Crippen molar-refractivity contribution in [3.05, 3.63) is 23.5 Å². The standard InChI is InChI=1S/C10H16N2/c1-4-7(2)10-9(11)6-5-8(3)12-10/h5-7H,4,11H2,1-3H3. The number of rotatable bonds is 2. The van der Waals surface area contributed by atoms with Crippen LogP contribution >= 0.6 is 0 Å². The average molecular weight is 164 g/mol. The second-order valence-electron chi connectivity index (χ2n) is 3.24. The molecule has 0 aliphatic carbocycles. The number of pyridine rings is 1. The second kappa shape index (κ2) is 3.57. The van der Waals surface area contributed by atoms with E-state index in [1.807, 2.05) is 19.1 Å². The molecule has 0 aromatic carbocycles. The van der Waals surface area contributed by atoms with Gasteiger partial charge in [-0.2, -0.15) is 0 Å². The molecule has 0 fully saturated rings. The Bertz CT molecular complexity index is 269. The number of aromatic nitrogens is 1. The van der Waals surface area contributed by atoms with Crippen LogP contribution in [-0.2, 0) is 0 Å². The van der Waals surface area contributed by atoms with E-state index in [0.29, 0.717) is 5.92 Å². The van der Waals surface area contributed by atoms with Crippen molar-refractivity contribution in [2.24, 2.45) is 0 Å². The minimum absolute atomic E-state index is 0.463. The normalized spacial score (nSPS) is 12.9. The van der Waals surface area contributed by atoms with Crippen LogP contribution in [-0.4, -0.2) is 4.98 Å². The van der Waals surface area contributed by atoms with Gasteiger partial charge in [0.1, 0.15) is 0 Å². The van der Waals surface area contributed by atoms with Gasteiger partial charge >= 0.3 is 0 Å². The molecular weight excluding hydrogens is 148 g/mol. The van der Waals surface area contributed by atoms with E-state index in [9.17, 15) is 0 Å². The third-order valence-corrected chi connectivity index (χ3v) is 2.18. The molecule has 1 rings (SSSR count). The van der Waals surface area contributed by atoms with E-state index in [0.717, 1.165) is 23.5 Å². The van der Waals surface area contributed by atoms with Gasteiger partial charge in [-0.3, -0.25) is 4.98 Å². The van der Waals surface area contributed by atoms with Crippen molar-refractivity contribution in [1.29, 1.82) is 0 Å². The van der Waals surface area contributed by atoms with E-state index in [4.69, 9.17) is 5.73 Å². The zero-order chi connectivity index (χ0) is 9.14. The van der Waals surface area contributed by atoms with Crippen LogP contribution in [0.1, 0.15) is 37.6 Å². The molecule has 1 atom stereocenters. The molecule has 1 unspecified atom stereocenters. The Hall–Kier alpha value is -1.05. The molecule has 0 aliphatic heterocycles. The minimum Gasteiger partial charge on any atom is -0.397 e. The van der Waals surface area contributed by atoms with E-state index < -0.39 is 0 Å². The van der Waals surface area contributed by atoms with Gasteiger partial charge in [-0.15, -0.1) is 0 Å². The summed E-state index contributed by atoms with van der Waals surface area (Å²) < 4.78 is 0. The molecule has 1 aromatic rings. The van der Waals surface area contributed by atoms with E-state index in [1.54, 1.807) is 0 Å². The molecule has 0 bridgehead atoms. The van der Waals surface area contributed by atoms with Crippen LogP contribution in [0.5, 0.6) is 0 Å². The third kappa shape index (κ3) is 1.76. The van der Waals surface area contributed by atoms with Crippen molar-refractivity contribution in [1.82, 2.24) is 4.98 Å². The van der Waals surface area contributed by atoms with Gasteiger partial charge in [0, 0.05) is 11.6 Å². The van der Waals surface area contributed by atoms with Crippen molar-refractivity contribution < 1.29 is 0 Å². The van der Waals surface area contributed by atoms with Crippen LogP contribution < -0.4 is 5.73 Å². The summed E-state index contributed by atoms with van der Waals surface area (Å²) in [7, 11) is 0. The Morgan fingerprint density at radius 1 is 1.50 bits per heavy atom. The van der Waals surface area contributed by atoms with Crippen molar-refractivity contribution >= 4 is 5.69 Å². The zero-order valence-electron chi connectivity index (χ0n) is 7.96. The highest BCUT2D eigenvalue weighted by Crippen LogP contribution is 2.22. The summed E-state index contributed by atoms with van der Waals surface area (Å²) in [6, 6.07) is 3.88. The minimum atomic E-state index is 0.463. The van der Waals surface area contributed by atoms with Gasteiger partial charge in [0.15, 0.2) is 0 Å². The quantitative estimate of drug-likeness (QED) is 0.729. The first-order valence-corrected chi connectivity index (χ1v) is 4.38. The largest absolute Gasteiger partial charge is 0.397 e. The number of nitrogens with zero attached hydrogens (tertiary/aromatic N) is 1. The number of aryl methyl sites for hydroxylation is 1. The molecule has 0 saturated carbocycles. The first-order valence-electron chi connectivity index (χ1n) is 4.38. The Labute approximate surface area is 73.8 Å². The van der Waals surface area contributed by atoms with E-state index in [1.165, 1.54) is 0 Å². The number of nitrogen functional groups attached to an aromatic ring is 1. The fraction of sp³-hybridized carbons (Fsp3) is 0.500. The molecule has 0 amide bonds. The number of anilines is 1. The predicted octanol–water partition coefficient (Wildman–Crippen LogP) is 2.49. The highest BCUT2D eigenvalue weighted by molar-refractivity contribution is 5.44. The van der Waals surface area contributed by atoms with Crippen molar-refractivity contribution in [3.63, 3.8) is 0 Å². The molecule has 2 N–H and O–H groups in total. The summed E-state index contributed by atoms with van der Waals surface area (Å²) in [5.41, 5.74) is 8.70. The van der Waals surface area contributed by atoms with E-state index in [-0.39, 0.29) is 0 Å². The van der Waals surface area contributed by atoms with Gasteiger partial charge in [-0.1, -0.05) is 13.8 Å². The van der Waals surface area contributed by atoms with Crippen molar-refractivity contribution in [3.8, 4) is 0 Å². The molecule has 0 spiro atoms. The van der Waals surface area contributed by atoms with Gasteiger partial charge in [0.2, 0.25) is 0 Å². The molecule has 0 aliphatic rings. The Morgan fingerprint density at radius 2 is 2.17 bits per heavy atom. The Kier molecular flexibility index (Phi) is 2.69. The highest BCUT2D eigenvalue weighted by atomic mass is 14.8. The van der Waals surface area contributed by atoms with Crippen molar-refractivity contribution in [2.45, 2.75) is 33.1 Å². The summed E-state index contributed by atoms with van der Waals surface area (Å²) in [4.78, 5) is 4.42. The first-order chi connectivity index (χ1) is 5.65. The Morgan fingerprint density at radius 3 is 2.75 bits per heavy atom. The lowest BCUT2D eigenvalue weighted by atomic mass is 10.0. The van der Waals surface area contributed by atoms with Gasteiger partial charge < -0.3 is 5.73 Å². The zero-order valence-corrected chi connectivity index (χ0v) is 7.96. The Balaban J connectivity index is 3.04. The summed E-state index contributed by atoms with van der Waals surface area (Å²) in [5, 5.41) is 0. The van der Waals surface area contributed by atoms with Crippen molar-refractivity contribution in [2.75, 3.05) is 5.73 Å². The molecule has 2 nitrogen and oxygen atoms in total. The van der Waals surface area contributed by atoms with Gasteiger partial charge in [-0.05, 0) is 25.5 Å². The molecule has 2 heteroatoms. The monoisotopic (exact) mass is 164 g/mol. The van der Waals surface area contributed by atoms with Gasteiger partial charge in [0.25, 0.3) is 0 Å². The van der Waals surface area contributed by atoms with Gasteiger partial charge in [0.05, 0.1) is 11.4 Å². The van der Waals surface area contributed by atoms with Crippen LogP contribution in [0.3, 0.4) is 0 Å². The molecule has 1 aromatic heterocycles. The molecule has 12 heavy (non-hydrogen) atoms. The van der Waals surface area contributed by atoms with Crippen LogP contribution in [0.25, 0.3) is 0 Å². The maximum absolute atomic E-state index is 5.80. The molecule has 1 heterocycles. The second-order valence-corrected chi connectivity index (χ2v) is 3.24. The number of nitrogens with two attached hydrogens (primary N) is 1. The third-order valence-electron chi connectivity index (χ3n) is 2.18. The van der Waals surface area contributed by atoms with Crippen LogP contribution in [0.2, 0.25) is 0 Å². The first kappa shape index (κ1) is 9.04. The molecule has 66 valence electrons. The van der Waals surface area contributed by atoms with Crippen LogP contribution in [0.15, 0.2) is 12.1 Å². The smallest absolute Gasteiger partial charge is 0.0663 e. The van der Waals surface area contributed by atoms with Crippen LogP contribution in [0.4, 0.5) is 5.69 Å². The summed E-state index contributed by atoms with van der Waals surface area (Å²) in [5.74, 6) is 0.463. The summed E-state index contributed by atoms with van der Waals surface area (Å²) in [6.07, 6.45) is 1.08. The maximum Gasteiger partial charge on any atom is 0.0663 e. The average Bonchev–Trinajstić information content (AvgIpc) is 2.08. The lowest BCUT2D eigenvalue weighted by Crippen LogP contribution is -2.02. The number of hydrogen-bond acceptors (Lipinski definition) is 2. The SMILES string of the molecule is CCC(C)c1nc(C)ccc1N. The van der Waals surface area contributed by atoms with Crippen LogP contribution in [0, 0.1) is 6.92 Å².